The Morgan fingerprint density at radius 1 is 1.58 bits per heavy atom. The van der Waals surface area contributed by atoms with Gasteiger partial charge in [0.25, 0.3) is 0 Å². The lowest BCUT2D eigenvalue weighted by Gasteiger charge is -1.81. The van der Waals surface area contributed by atoms with Crippen LogP contribution >= 0.6 is 11.3 Å². The average molecular weight is 177 g/mol. The molecule has 0 fully saturated rings. The number of hydrogen-bond donors (Lipinski definition) is 0. The van der Waals surface area contributed by atoms with Crippen LogP contribution in [0.5, 0.6) is 0 Å². The number of hydrogen-bond acceptors (Lipinski definition) is 3. The summed E-state index contributed by atoms with van der Waals surface area (Å²) in [7, 11) is 0. The molecule has 0 amide bonds. The number of thiophene rings is 1. The summed E-state index contributed by atoms with van der Waals surface area (Å²) < 4.78 is 0. The SMILES string of the molecule is CC(=O)c1cc2cccnc2s1. The van der Waals surface area contributed by atoms with E-state index >= 15 is 0 Å². The van der Waals surface area contributed by atoms with Gasteiger partial charge in [0.05, 0.1) is 4.88 Å². The van der Waals surface area contributed by atoms with E-state index < -0.39 is 0 Å². The lowest BCUT2D eigenvalue weighted by molar-refractivity contribution is 0.102. The summed E-state index contributed by atoms with van der Waals surface area (Å²) in [5.74, 6) is 0.109. The van der Waals surface area contributed by atoms with E-state index in [2.05, 4.69) is 4.98 Å². The minimum Gasteiger partial charge on any atom is -0.294 e. The highest BCUT2D eigenvalue weighted by Crippen LogP contribution is 2.23. The number of Topliss-reactive ketones (excluding diaryl/α,β-unsaturated/α-hetero) is 1. The van der Waals surface area contributed by atoms with Crippen molar-refractivity contribution in [2.75, 3.05) is 0 Å². The summed E-state index contributed by atoms with van der Waals surface area (Å²) in [4.78, 5) is 16.9. The van der Waals surface area contributed by atoms with Crippen molar-refractivity contribution in [3.63, 3.8) is 0 Å². The van der Waals surface area contributed by atoms with Gasteiger partial charge in [-0.2, -0.15) is 0 Å². The lowest BCUT2D eigenvalue weighted by Crippen LogP contribution is -1.83. The Morgan fingerprint density at radius 2 is 2.42 bits per heavy atom. The predicted molar refractivity (Wildman–Crippen MR) is 49.6 cm³/mol. The zero-order chi connectivity index (χ0) is 8.55. The van der Waals surface area contributed by atoms with Crippen LogP contribution in [0.1, 0.15) is 16.6 Å². The van der Waals surface area contributed by atoms with Gasteiger partial charge in [0, 0.05) is 11.6 Å². The van der Waals surface area contributed by atoms with Gasteiger partial charge in [0.15, 0.2) is 5.78 Å². The van der Waals surface area contributed by atoms with E-state index in [-0.39, 0.29) is 5.78 Å². The maximum atomic E-state index is 11.0. The van der Waals surface area contributed by atoms with E-state index in [4.69, 9.17) is 0 Å². The second-order valence-corrected chi connectivity index (χ2v) is 3.60. The lowest BCUT2D eigenvalue weighted by atomic mass is 10.3. The fourth-order valence-corrected chi connectivity index (χ4v) is 1.94. The first-order valence-corrected chi connectivity index (χ1v) is 4.44. The largest absolute Gasteiger partial charge is 0.294 e. The van der Waals surface area contributed by atoms with Gasteiger partial charge < -0.3 is 0 Å². The molecule has 0 bridgehead atoms. The Hall–Kier alpha value is -1.22. The molecule has 0 unspecified atom stereocenters. The van der Waals surface area contributed by atoms with Gasteiger partial charge in [-0.25, -0.2) is 4.98 Å². The molecule has 0 aliphatic carbocycles. The van der Waals surface area contributed by atoms with Gasteiger partial charge in [-0.15, -0.1) is 11.3 Å². The summed E-state index contributed by atoms with van der Waals surface area (Å²) in [6, 6.07) is 5.72. The topological polar surface area (TPSA) is 30.0 Å². The van der Waals surface area contributed by atoms with Crippen LogP contribution in [0.25, 0.3) is 10.2 Å². The monoisotopic (exact) mass is 177 g/mol. The third-order valence-corrected chi connectivity index (χ3v) is 2.80. The number of carbonyl (C=O) groups excluding carboxylic acids is 1. The standard InChI is InChI=1S/C9H7NOS/c1-6(11)8-5-7-3-2-4-10-9(7)12-8/h2-5H,1H3. The first kappa shape index (κ1) is 7.43. The molecule has 0 aromatic carbocycles. The number of pyridine rings is 1. The molecule has 0 saturated carbocycles. The van der Waals surface area contributed by atoms with E-state index in [0.29, 0.717) is 0 Å². The smallest absolute Gasteiger partial charge is 0.169 e. The van der Waals surface area contributed by atoms with Crippen LogP contribution in [0.2, 0.25) is 0 Å². The van der Waals surface area contributed by atoms with Gasteiger partial charge >= 0.3 is 0 Å². The molecule has 3 heteroatoms. The second-order valence-electron chi connectivity index (χ2n) is 2.56. The fourth-order valence-electron chi connectivity index (χ4n) is 1.05. The summed E-state index contributed by atoms with van der Waals surface area (Å²) in [6.07, 6.45) is 1.74. The van der Waals surface area contributed by atoms with Crippen LogP contribution < -0.4 is 0 Å². The molecular weight excluding hydrogens is 170 g/mol. The molecule has 0 radical (unpaired) electrons. The molecule has 2 aromatic rings. The molecule has 0 aliphatic rings. The second kappa shape index (κ2) is 2.68. The maximum absolute atomic E-state index is 11.0. The molecule has 60 valence electrons. The molecule has 0 N–H and O–H groups in total. The first-order valence-electron chi connectivity index (χ1n) is 3.63. The highest BCUT2D eigenvalue weighted by molar-refractivity contribution is 7.20. The van der Waals surface area contributed by atoms with E-state index in [0.717, 1.165) is 15.1 Å². The van der Waals surface area contributed by atoms with Crippen molar-refractivity contribution in [3.8, 4) is 0 Å². The number of aromatic nitrogens is 1. The van der Waals surface area contributed by atoms with Crippen LogP contribution in [0, 0.1) is 0 Å². The van der Waals surface area contributed by atoms with E-state index in [1.165, 1.54) is 11.3 Å². The molecule has 2 rings (SSSR count). The molecule has 2 nitrogen and oxygen atoms in total. The highest BCUT2D eigenvalue weighted by Gasteiger charge is 2.04. The fraction of sp³-hybridized carbons (Fsp3) is 0.111. The Balaban J connectivity index is 2.70. The molecule has 0 aliphatic heterocycles. The Bertz CT molecular complexity index is 400. The van der Waals surface area contributed by atoms with Crippen LogP contribution in [-0.4, -0.2) is 10.8 Å². The Kier molecular flexibility index (Phi) is 1.66. The zero-order valence-corrected chi connectivity index (χ0v) is 7.39. The summed E-state index contributed by atoms with van der Waals surface area (Å²) >= 11 is 1.44. The van der Waals surface area contributed by atoms with Crippen molar-refractivity contribution in [2.45, 2.75) is 6.92 Å². The van der Waals surface area contributed by atoms with Gasteiger partial charge in [0.2, 0.25) is 0 Å². The molecule has 12 heavy (non-hydrogen) atoms. The zero-order valence-electron chi connectivity index (χ0n) is 6.57. The highest BCUT2D eigenvalue weighted by atomic mass is 32.1. The van der Waals surface area contributed by atoms with Crippen molar-refractivity contribution in [1.29, 1.82) is 0 Å². The predicted octanol–water partition coefficient (Wildman–Crippen LogP) is 2.50. The minimum absolute atomic E-state index is 0.109. The molecule has 2 heterocycles. The Morgan fingerprint density at radius 3 is 3.08 bits per heavy atom. The quantitative estimate of drug-likeness (QED) is 0.626. The molecular formula is C9H7NOS. The summed E-state index contributed by atoms with van der Waals surface area (Å²) in [5.41, 5.74) is 0. The van der Waals surface area contributed by atoms with Crippen LogP contribution in [-0.2, 0) is 0 Å². The number of ketones is 1. The van der Waals surface area contributed by atoms with Crippen molar-refractivity contribution in [1.82, 2.24) is 4.98 Å². The van der Waals surface area contributed by atoms with E-state index in [1.807, 2.05) is 18.2 Å². The van der Waals surface area contributed by atoms with Crippen molar-refractivity contribution in [2.24, 2.45) is 0 Å². The third kappa shape index (κ3) is 1.12. The summed E-state index contributed by atoms with van der Waals surface area (Å²) in [6.45, 7) is 1.57. The maximum Gasteiger partial charge on any atom is 0.169 e. The van der Waals surface area contributed by atoms with Gasteiger partial charge in [-0.1, -0.05) is 6.07 Å². The molecule has 0 spiro atoms. The number of nitrogens with zero attached hydrogens (tertiary/aromatic N) is 1. The molecule has 2 aromatic heterocycles. The van der Waals surface area contributed by atoms with Crippen LogP contribution in [0.3, 0.4) is 0 Å². The van der Waals surface area contributed by atoms with Gasteiger partial charge in [0.1, 0.15) is 4.83 Å². The Labute approximate surface area is 73.9 Å². The van der Waals surface area contributed by atoms with Gasteiger partial charge in [-0.3, -0.25) is 4.79 Å². The summed E-state index contributed by atoms with van der Waals surface area (Å²) in [5, 5.41) is 1.05. The normalized spacial score (nSPS) is 10.4. The number of carbonyl (C=O) groups is 1. The van der Waals surface area contributed by atoms with E-state index in [1.54, 1.807) is 13.1 Å². The van der Waals surface area contributed by atoms with Crippen LogP contribution in [0.15, 0.2) is 24.4 Å². The van der Waals surface area contributed by atoms with E-state index in [9.17, 15) is 4.79 Å². The van der Waals surface area contributed by atoms with Crippen LogP contribution in [0.4, 0.5) is 0 Å². The molecule has 0 atom stereocenters. The van der Waals surface area contributed by atoms with Crippen molar-refractivity contribution in [3.05, 3.63) is 29.3 Å². The van der Waals surface area contributed by atoms with Gasteiger partial charge in [-0.05, 0) is 19.1 Å². The van der Waals surface area contributed by atoms with Crippen molar-refractivity contribution < 1.29 is 4.79 Å². The average Bonchev–Trinajstić information content (AvgIpc) is 2.46. The molecule has 0 saturated heterocycles. The number of rotatable bonds is 1. The number of fused-ring (bicyclic) bond motifs is 1. The van der Waals surface area contributed by atoms with Crippen molar-refractivity contribution >= 4 is 27.3 Å². The third-order valence-electron chi connectivity index (χ3n) is 1.64. The first-order chi connectivity index (χ1) is 5.77. The minimum atomic E-state index is 0.109.